The third-order valence-corrected chi connectivity index (χ3v) is 8.29. The molecule has 1 unspecified atom stereocenters. The number of benzene rings is 2. The molecule has 3 aromatic rings. The number of nitrogens with one attached hydrogen (secondary N) is 3. The number of sulfonamides is 1. The number of piperidine rings is 1. The van der Waals surface area contributed by atoms with Crippen LogP contribution < -0.4 is 15.4 Å². The van der Waals surface area contributed by atoms with Crippen LogP contribution in [0.15, 0.2) is 59.8 Å². The van der Waals surface area contributed by atoms with E-state index in [1.165, 1.54) is 12.1 Å². The van der Waals surface area contributed by atoms with Crippen molar-refractivity contribution in [1.82, 2.24) is 15.0 Å². The molecule has 35 heavy (non-hydrogen) atoms. The number of alkyl halides is 2. The Hall–Kier alpha value is -2.66. The first kappa shape index (κ1) is 24.1. The molecule has 3 atom stereocenters. The van der Waals surface area contributed by atoms with Crippen molar-refractivity contribution in [1.29, 1.82) is 0 Å². The minimum atomic E-state index is -4.10. The van der Waals surface area contributed by atoms with Gasteiger partial charge in [0.05, 0.1) is 22.5 Å². The molecular weight excluding hydrogens is 498 g/mol. The molecule has 1 aromatic heterocycles. The van der Waals surface area contributed by atoms with Gasteiger partial charge in [-0.15, -0.1) is 0 Å². The molecule has 0 bridgehead atoms. The first-order valence-electron chi connectivity index (χ1n) is 11.2. The molecular formula is C24H23ClF2N4O3S. The number of carbonyl (C=O) groups excluding carboxylic acids is 1. The molecule has 11 heteroatoms. The van der Waals surface area contributed by atoms with E-state index in [0.29, 0.717) is 23.7 Å². The first-order valence-corrected chi connectivity index (χ1v) is 13.1. The van der Waals surface area contributed by atoms with E-state index in [9.17, 15) is 22.0 Å². The van der Waals surface area contributed by atoms with Crippen LogP contribution in [-0.2, 0) is 14.8 Å². The normalized spacial score (nSPS) is 23.7. The van der Waals surface area contributed by atoms with E-state index in [1.54, 1.807) is 36.7 Å². The van der Waals surface area contributed by atoms with Crippen LogP contribution in [0.25, 0.3) is 10.8 Å². The lowest BCUT2D eigenvalue weighted by molar-refractivity contribution is -0.117. The van der Waals surface area contributed by atoms with Crippen LogP contribution in [0.4, 0.5) is 14.5 Å². The maximum absolute atomic E-state index is 14.0. The molecule has 5 rings (SSSR count). The van der Waals surface area contributed by atoms with Gasteiger partial charge in [0.15, 0.2) is 0 Å². The van der Waals surface area contributed by atoms with Gasteiger partial charge in [0.2, 0.25) is 15.9 Å². The highest BCUT2D eigenvalue weighted by atomic mass is 35.5. The number of amides is 1. The van der Waals surface area contributed by atoms with Crippen molar-refractivity contribution in [2.75, 3.05) is 18.4 Å². The number of hydrogen-bond acceptors (Lipinski definition) is 5. The standard InChI is InChI=1S/C24H23ClF2N4O3S/c25-21-12-29-11-15-1-4-16(9-19(15)21)30-23(32)20-10-18(20)14-2-5-17(6-3-14)35(33,34)31-22-7-8-28-13-24(22,26)27/h1-6,9,11-12,18,20,22,28,31H,7-8,10,13H2,(H,30,32)/t18-,20+,22?/m0/s1. The summed E-state index contributed by atoms with van der Waals surface area (Å²) < 4.78 is 55.5. The Bertz CT molecular complexity index is 1390. The highest BCUT2D eigenvalue weighted by Crippen LogP contribution is 2.48. The maximum atomic E-state index is 14.0. The van der Waals surface area contributed by atoms with Crippen molar-refractivity contribution in [3.63, 3.8) is 0 Å². The van der Waals surface area contributed by atoms with Crippen molar-refractivity contribution in [2.45, 2.75) is 35.6 Å². The highest BCUT2D eigenvalue weighted by molar-refractivity contribution is 7.89. The lowest BCUT2D eigenvalue weighted by Crippen LogP contribution is -2.57. The second-order valence-electron chi connectivity index (χ2n) is 8.96. The van der Waals surface area contributed by atoms with Crippen LogP contribution in [0.3, 0.4) is 0 Å². The van der Waals surface area contributed by atoms with Crippen molar-refractivity contribution in [3.05, 3.63) is 65.4 Å². The third-order valence-electron chi connectivity index (χ3n) is 6.50. The number of carbonyl (C=O) groups is 1. The highest BCUT2D eigenvalue weighted by Gasteiger charge is 2.45. The Balaban J connectivity index is 1.23. The zero-order valence-electron chi connectivity index (χ0n) is 18.5. The molecule has 3 N–H and O–H groups in total. The average molecular weight is 521 g/mol. The van der Waals surface area contributed by atoms with Crippen molar-refractivity contribution < 1.29 is 22.0 Å². The monoisotopic (exact) mass is 520 g/mol. The predicted molar refractivity (Wildman–Crippen MR) is 129 cm³/mol. The fourth-order valence-corrected chi connectivity index (χ4v) is 5.94. The van der Waals surface area contributed by atoms with E-state index in [2.05, 4.69) is 20.3 Å². The van der Waals surface area contributed by atoms with E-state index in [-0.39, 0.29) is 29.1 Å². The molecule has 0 radical (unpaired) electrons. The summed E-state index contributed by atoms with van der Waals surface area (Å²) in [5.74, 6) is -3.58. The zero-order chi connectivity index (χ0) is 24.8. The fraction of sp³-hybridized carbons (Fsp3) is 0.333. The lowest BCUT2D eigenvalue weighted by Gasteiger charge is -2.32. The van der Waals surface area contributed by atoms with Crippen LogP contribution in [0.2, 0.25) is 5.02 Å². The van der Waals surface area contributed by atoms with E-state index >= 15 is 0 Å². The summed E-state index contributed by atoms with van der Waals surface area (Å²) in [6, 6.07) is 10.0. The summed E-state index contributed by atoms with van der Waals surface area (Å²) in [6.45, 7) is -0.246. The van der Waals surface area contributed by atoms with Gasteiger partial charge in [-0.25, -0.2) is 21.9 Å². The molecule has 1 saturated carbocycles. The molecule has 1 saturated heterocycles. The summed E-state index contributed by atoms with van der Waals surface area (Å²) in [5, 5.41) is 7.64. The first-order chi connectivity index (χ1) is 16.6. The number of aromatic nitrogens is 1. The van der Waals surface area contributed by atoms with E-state index < -0.39 is 28.5 Å². The van der Waals surface area contributed by atoms with Gasteiger partial charge < -0.3 is 10.6 Å². The predicted octanol–water partition coefficient (Wildman–Crippen LogP) is 3.91. The Morgan fingerprint density at radius 2 is 1.91 bits per heavy atom. The van der Waals surface area contributed by atoms with Gasteiger partial charge in [0.25, 0.3) is 5.92 Å². The molecule has 0 spiro atoms. The summed E-state index contributed by atoms with van der Waals surface area (Å²) >= 11 is 6.19. The molecule has 7 nitrogen and oxygen atoms in total. The molecule has 1 amide bonds. The molecule has 2 aliphatic rings. The number of nitrogens with zero attached hydrogens (tertiary/aromatic N) is 1. The Morgan fingerprint density at radius 1 is 1.14 bits per heavy atom. The van der Waals surface area contributed by atoms with Crippen molar-refractivity contribution >= 4 is 44.0 Å². The van der Waals surface area contributed by atoms with Crippen molar-refractivity contribution in [2.24, 2.45) is 5.92 Å². The van der Waals surface area contributed by atoms with E-state index in [4.69, 9.17) is 11.6 Å². The number of pyridine rings is 1. The maximum Gasteiger partial charge on any atom is 0.276 e. The van der Waals surface area contributed by atoms with Gasteiger partial charge in [-0.1, -0.05) is 29.8 Å². The number of halogens is 3. The second-order valence-corrected chi connectivity index (χ2v) is 11.1. The van der Waals surface area contributed by atoms with Gasteiger partial charge in [-0.3, -0.25) is 9.78 Å². The van der Waals surface area contributed by atoms with Crippen LogP contribution in [0.5, 0.6) is 0 Å². The van der Waals surface area contributed by atoms with Gasteiger partial charge in [-0.2, -0.15) is 0 Å². The van der Waals surface area contributed by atoms with Gasteiger partial charge in [0, 0.05) is 34.8 Å². The van der Waals surface area contributed by atoms with Crippen molar-refractivity contribution in [3.8, 4) is 0 Å². The Kier molecular flexibility index (Phi) is 6.25. The Morgan fingerprint density at radius 3 is 2.66 bits per heavy atom. The van der Waals surface area contributed by atoms with Crippen LogP contribution in [0.1, 0.15) is 24.3 Å². The van der Waals surface area contributed by atoms with Crippen LogP contribution in [0, 0.1) is 5.92 Å². The summed E-state index contributed by atoms with van der Waals surface area (Å²) in [4.78, 5) is 16.7. The number of rotatable bonds is 6. The van der Waals surface area contributed by atoms with Crippen LogP contribution >= 0.6 is 11.6 Å². The summed E-state index contributed by atoms with van der Waals surface area (Å²) in [7, 11) is -4.10. The average Bonchev–Trinajstić information content (AvgIpc) is 3.62. The smallest absolute Gasteiger partial charge is 0.276 e. The van der Waals surface area contributed by atoms with E-state index in [0.717, 1.165) is 16.3 Å². The number of fused-ring (bicyclic) bond motifs is 1. The van der Waals surface area contributed by atoms with Gasteiger partial charge >= 0.3 is 0 Å². The summed E-state index contributed by atoms with van der Waals surface area (Å²) in [6.07, 6.45) is 3.88. The minimum absolute atomic E-state index is 0.00345. The SMILES string of the molecule is O=C(Nc1ccc2cncc(Cl)c2c1)[C@@H]1C[C@H]1c1ccc(S(=O)(=O)NC2CCNCC2(F)F)cc1. The van der Waals surface area contributed by atoms with Gasteiger partial charge in [-0.05, 0) is 55.1 Å². The molecule has 2 aromatic carbocycles. The fourth-order valence-electron chi connectivity index (χ4n) is 4.42. The third kappa shape index (κ3) is 5.02. The molecule has 1 aliphatic heterocycles. The second kappa shape index (κ2) is 9.09. The lowest BCUT2D eigenvalue weighted by atomic mass is 10.0. The largest absolute Gasteiger partial charge is 0.326 e. The minimum Gasteiger partial charge on any atom is -0.326 e. The van der Waals surface area contributed by atoms with Gasteiger partial charge in [0.1, 0.15) is 0 Å². The molecule has 1 aliphatic carbocycles. The van der Waals surface area contributed by atoms with E-state index in [1.807, 2.05) is 6.07 Å². The zero-order valence-corrected chi connectivity index (χ0v) is 20.0. The number of anilines is 1. The molecule has 184 valence electrons. The summed E-state index contributed by atoms with van der Waals surface area (Å²) in [5.41, 5.74) is 1.45. The van der Waals surface area contributed by atoms with Crippen LogP contribution in [-0.4, -0.2) is 44.4 Å². The molecule has 2 fully saturated rings. The number of hydrogen-bond donors (Lipinski definition) is 3. The quantitative estimate of drug-likeness (QED) is 0.457. The Labute approximate surface area is 206 Å². The topological polar surface area (TPSA) is 100 Å². The molecule has 2 heterocycles.